The molecule has 0 bridgehead atoms. The van der Waals surface area contributed by atoms with Gasteiger partial charge in [-0.05, 0) is 51.6 Å². The summed E-state index contributed by atoms with van der Waals surface area (Å²) in [5.74, 6) is -0.159. The van der Waals surface area contributed by atoms with Crippen molar-refractivity contribution < 1.29 is 56.8 Å². The van der Waals surface area contributed by atoms with Gasteiger partial charge < -0.3 is 20.1 Å². The van der Waals surface area contributed by atoms with Crippen molar-refractivity contribution in [3.05, 3.63) is 81.4 Å². The topological polar surface area (TPSA) is 80.8 Å². The minimum Gasteiger partial charge on any atom is -0.663 e. The summed E-state index contributed by atoms with van der Waals surface area (Å²) in [6, 6.07) is 14.1. The predicted molar refractivity (Wildman–Crippen MR) is 135 cm³/mol. The molecule has 0 fully saturated rings. The van der Waals surface area contributed by atoms with Gasteiger partial charge in [0.2, 0.25) is 0 Å². The van der Waals surface area contributed by atoms with E-state index >= 15 is 0 Å². The Kier molecular flexibility index (Phi) is 13.9. The molecule has 2 aromatic rings. The average Bonchev–Trinajstić information content (AvgIpc) is 2.83. The number of carbonyl (C=O) groups is 2. The first-order valence-electron chi connectivity index (χ1n) is 11.0. The molecular weight excluding hydrogens is 489 g/mol. The van der Waals surface area contributed by atoms with E-state index < -0.39 is 10.8 Å². The van der Waals surface area contributed by atoms with Crippen LogP contribution in [0.4, 0.5) is 11.4 Å². The van der Waals surface area contributed by atoms with Crippen LogP contribution in [0, 0.1) is 10.8 Å². The Labute approximate surface area is 247 Å². The first kappa shape index (κ1) is 32.8. The number of ketones is 2. The van der Waals surface area contributed by atoms with Crippen LogP contribution in [0.25, 0.3) is 10.6 Å². The predicted octanol–water partition coefficient (Wildman–Crippen LogP) is 1.16. The molecule has 0 amide bonds. The summed E-state index contributed by atoms with van der Waals surface area (Å²) in [7, 11) is 0. The van der Waals surface area contributed by atoms with Crippen molar-refractivity contribution in [1.29, 1.82) is 0 Å². The Morgan fingerprint density at radius 2 is 1.03 bits per heavy atom. The van der Waals surface area contributed by atoms with Gasteiger partial charge in [-0.2, -0.15) is 0 Å². The van der Waals surface area contributed by atoms with E-state index in [2.05, 4.69) is 10.6 Å². The maximum absolute atomic E-state index is 13.2. The van der Waals surface area contributed by atoms with Crippen LogP contribution in [0.15, 0.2) is 60.7 Å². The van der Waals surface area contributed by atoms with E-state index in [1.807, 2.05) is 0 Å². The van der Waals surface area contributed by atoms with Gasteiger partial charge in [0.05, 0.1) is 24.0 Å². The summed E-state index contributed by atoms with van der Waals surface area (Å²) in [4.78, 5) is 26.4. The van der Waals surface area contributed by atoms with Gasteiger partial charge in [0.1, 0.15) is 11.6 Å². The molecule has 0 aliphatic heterocycles. The fourth-order valence-corrected chi connectivity index (χ4v) is 4.01. The van der Waals surface area contributed by atoms with E-state index in [1.165, 1.54) is 0 Å². The Morgan fingerprint density at radius 3 is 1.36 bits per heavy atom. The summed E-state index contributed by atoms with van der Waals surface area (Å²) in [5, 5.41) is 9.98. The van der Waals surface area contributed by atoms with Crippen molar-refractivity contribution in [3.63, 3.8) is 0 Å². The summed E-state index contributed by atoms with van der Waals surface area (Å²) in [5.41, 5.74) is -0.755. The third-order valence-electron chi connectivity index (χ3n) is 6.33. The summed E-state index contributed by atoms with van der Waals surface area (Å²) in [6.45, 7) is 3.73. The zero-order valence-corrected chi connectivity index (χ0v) is 22.8. The van der Waals surface area contributed by atoms with Crippen LogP contribution < -0.4 is 37.7 Å². The SMILES string of the molecule is C[C@]1(COC[N-]c2ccc(Cl)cc2)C(=O)C/C=C\CC(=O)[C@@]1(C)COC[N-]c1ccc(Cl)cc1.[Li+].[Li+]. The van der Waals surface area contributed by atoms with Gasteiger partial charge in [-0.3, -0.25) is 9.59 Å². The number of Topliss-reactive ketones (excluding diaryl/α,β-unsaturated/α-hetero) is 2. The monoisotopic (exact) mass is 516 g/mol. The van der Waals surface area contributed by atoms with Crippen molar-refractivity contribution in [2.45, 2.75) is 26.7 Å². The molecule has 182 valence electrons. The Bertz CT molecular complexity index is 940. The quantitative estimate of drug-likeness (QED) is 0.269. The molecule has 0 spiro atoms. The fourth-order valence-electron chi connectivity index (χ4n) is 3.76. The number of ether oxygens (including phenoxy) is 2. The summed E-state index contributed by atoms with van der Waals surface area (Å²) < 4.78 is 11.6. The number of hydrogen-bond acceptors (Lipinski definition) is 4. The third-order valence-corrected chi connectivity index (χ3v) is 6.84. The molecule has 0 radical (unpaired) electrons. The van der Waals surface area contributed by atoms with Crippen molar-refractivity contribution in [3.8, 4) is 0 Å². The number of hydrogen-bond donors (Lipinski definition) is 0. The minimum atomic E-state index is -1.09. The fraction of sp³-hybridized carbons (Fsp3) is 0.385. The van der Waals surface area contributed by atoms with Gasteiger partial charge in [-0.15, -0.1) is 11.4 Å². The van der Waals surface area contributed by atoms with Crippen molar-refractivity contribution in [1.82, 2.24) is 0 Å². The molecule has 36 heavy (non-hydrogen) atoms. The van der Waals surface area contributed by atoms with Crippen LogP contribution in [-0.2, 0) is 19.1 Å². The molecule has 10 heteroatoms. The van der Waals surface area contributed by atoms with Crippen molar-refractivity contribution >= 4 is 46.1 Å². The van der Waals surface area contributed by atoms with Gasteiger partial charge in [-0.25, -0.2) is 0 Å². The smallest absolute Gasteiger partial charge is 0.663 e. The second kappa shape index (κ2) is 15.3. The molecule has 0 saturated carbocycles. The Balaban J connectivity index is 0.00000324. The molecule has 2 aromatic carbocycles. The molecule has 0 aromatic heterocycles. The molecule has 0 unspecified atom stereocenters. The van der Waals surface area contributed by atoms with E-state index in [-0.39, 0.29) is 88.8 Å². The van der Waals surface area contributed by atoms with Gasteiger partial charge in [-0.1, -0.05) is 59.6 Å². The Morgan fingerprint density at radius 1 is 0.694 bits per heavy atom. The standard InChI is InChI=1S/C26H28Cl2N2O4.2Li/c1-25(15-33-17-29-21-11-7-19(27)8-12-21)23(31)5-3-4-6-24(32)26(25,2)16-34-18-30-22-13-9-20(28)10-14-22;;/h3-4,7-14H,5-6,15-18H2,1-2H3;;/q-2;2*+1/b4-3-;;/t25-,26+;;. The van der Waals surface area contributed by atoms with Crippen molar-refractivity contribution in [2.75, 3.05) is 26.7 Å². The van der Waals surface area contributed by atoms with Crippen LogP contribution in [0.2, 0.25) is 10.0 Å². The maximum atomic E-state index is 13.2. The molecule has 0 heterocycles. The number of carbonyl (C=O) groups excluding carboxylic acids is 2. The largest absolute Gasteiger partial charge is 1.00 e. The second-order valence-corrected chi connectivity index (χ2v) is 9.49. The molecule has 0 saturated heterocycles. The minimum absolute atomic E-state index is 0. The molecule has 6 nitrogen and oxygen atoms in total. The van der Waals surface area contributed by atoms with Gasteiger partial charge in [0.25, 0.3) is 0 Å². The maximum Gasteiger partial charge on any atom is 1.00 e. The van der Waals surface area contributed by atoms with Crippen LogP contribution in [0.5, 0.6) is 0 Å². The normalized spacial score (nSPS) is 22.4. The van der Waals surface area contributed by atoms with Gasteiger partial charge >= 0.3 is 37.7 Å². The van der Waals surface area contributed by atoms with E-state index in [0.717, 1.165) is 0 Å². The Hall–Kier alpha value is -1.19. The zero-order valence-electron chi connectivity index (χ0n) is 21.3. The first-order valence-corrected chi connectivity index (χ1v) is 11.7. The van der Waals surface area contributed by atoms with E-state index in [4.69, 9.17) is 32.7 Å². The molecular formula is C26H28Cl2Li2N2O4. The molecule has 2 atom stereocenters. The van der Waals surface area contributed by atoms with Crippen LogP contribution in [0.3, 0.4) is 0 Å². The van der Waals surface area contributed by atoms with Crippen LogP contribution >= 0.6 is 23.2 Å². The summed E-state index contributed by atoms with van der Waals surface area (Å²) in [6.07, 6.45) is 3.94. The number of rotatable bonds is 10. The zero-order chi connectivity index (χ0) is 24.6. The third kappa shape index (κ3) is 8.42. The van der Waals surface area contributed by atoms with Crippen molar-refractivity contribution in [2.24, 2.45) is 10.8 Å². The van der Waals surface area contributed by atoms with E-state index in [1.54, 1.807) is 74.5 Å². The molecule has 0 N–H and O–H groups in total. The number of allylic oxidation sites excluding steroid dienone is 2. The van der Waals surface area contributed by atoms with Gasteiger partial charge in [0, 0.05) is 22.9 Å². The number of nitrogens with zero attached hydrogens (tertiary/aromatic N) is 2. The molecule has 1 aliphatic rings. The van der Waals surface area contributed by atoms with Crippen LogP contribution in [0.1, 0.15) is 26.7 Å². The second-order valence-electron chi connectivity index (χ2n) is 8.61. The van der Waals surface area contributed by atoms with E-state index in [9.17, 15) is 9.59 Å². The molecule has 3 rings (SSSR count). The average molecular weight is 517 g/mol. The van der Waals surface area contributed by atoms with E-state index in [0.29, 0.717) is 21.4 Å². The number of halogens is 2. The van der Waals surface area contributed by atoms with Crippen LogP contribution in [-0.4, -0.2) is 38.2 Å². The molecule has 1 aliphatic carbocycles. The number of benzene rings is 2. The first-order chi connectivity index (χ1) is 16.2. The van der Waals surface area contributed by atoms with Gasteiger partial charge in [0.15, 0.2) is 0 Å². The summed E-state index contributed by atoms with van der Waals surface area (Å²) >= 11 is 11.8.